The quantitative estimate of drug-likeness (QED) is 0.558. The fourth-order valence-corrected chi connectivity index (χ4v) is 4.80. The number of anilines is 1. The van der Waals surface area contributed by atoms with Gasteiger partial charge in [-0.15, -0.1) is 0 Å². The highest BCUT2D eigenvalue weighted by molar-refractivity contribution is 5.79. The van der Waals surface area contributed by atoms with E-state index in [-0.39, 0.29) is 5.92 Å². The molecule has 1 amide bonds. The summed E-state index contributed by atoms with van der Waals surface area (Å²) in [6.07, 6.45) is 1.74. The second-order valence-electron chi connectivity index (χ2n) is 8.94. The molecule has 3 aromatic rings. The van der Waals surface area contributed by atoms with Gasteiger partial charge in [-0.25, -0.2) is 0 Å². The third kappa shape index (κ3) is 5.07. The topological polar surface area (TPSA) is 74.9 Å². The minimum absolute atomic E-state index is 0.0992. The smallest absolute Gasteiger partial charge is 0.241 e. The number of rotatable bonds is 6. The number of piperazine rings is 1. The first-order valence-corrected chi connectivity index (χ1v) is 12.0. The first kappa shape index (κ1) is 22.4. The average Bonchev–Trinajstić information content (AvgIpc) is 3.38. The molecule has 178 valence electrons. The van der Waals surface area contributed by atoms with Gasteiger partial charge < -0.3 is 19.1 Å². The Bertz CT molecular complexity index is 1090. The van der Waals surface area contributed by atoms with E-state index in [1.165, 1.54) is 0 Å². The summed E-state index contributed by atoms with van der Waals surface area (Å²) in [5.74, 6) is 2.50. The molecule has 2 aliphatic heterocycles. The Labute approximate surface area is 200 Å². The molecule has 0 bridgehead atoms. The molecule has 2 aliphatic rings. The predicted octanol–water partition coefficient (Wildman–Crippen LogP) is 3.31. The van der Waals surface area contributed by atoms with Gasteiger partial charge in [0, 0.05) is 49.4 Å². The van der Waals surface area contributed by atoms with Crippen molar-refractivity contribution in [2.24, 2.45) is 5.92 Å². The zero-order valence-corrected chi connectivity index (χ0v) is 19.6. The van der Waals surface area contributed by atoms with Crippen LogP contribution in [0.2, 0.25) is 0 Å². The molecule has 0 aliphatic carbocycles. The van der Waals surface area contributed by atoms with Crippen LogP contribution in [0, 0.1) is 5.92 Å². The van der Waals surface area contributed by atoms with Crippen molar-refractivity contribution >= 4 is 11.6 Å². The average molecular weight is 462 g/mol. The molecule has 2 fully saturated rings. The lowest BCUT2D eigenvalue weighted by atomic mass is 9.95. The second kappa shape index (κ2) is 10.3. The molecule has 0 atom stereocenters. The summed E-state index contributed by atoms with van der Waals surface area (Å²) >= 11 is 0. The van der Waals surface area contributed by atoms with Crippen LogP contribution in [0.1, 0.15) is 18.7 Å². The highest BCUT2D eigenvalue weighted by Gasteiger charge is 2.31. The van der Waals surface area contributed by atoms with Crippen LogP contribution in [0.3, 0.4) is 0 Å². The van der Waals surface area contributed by atoms with Gasteiger partial charge >= 0.3 is 0 Å². The third-order valence-electron chi connectivity index (χ3n) is 6.81. The number of carbonyl (C=O) groups is 1. The van der Waals surface area contributed by atoms with E-state index < -0.39 is 0 Å². The number of amides is 1. The summed E-state index contributed by atoms with van der Waals surface area (Å²) in [5, 5.41) is 4.11. The van der Waals surface area contributed by atoms with E-state index in [1.54, 1.807) is 7.11 Å². The SMILES string of the molecule is COc1cccc(N2CCN(C(=O)C3CCN(Cc4nc(-c5ccccc5)no4)CC3)CC2)c1. The standard InChI is InChI=1S/C26H31N5O3/c1-33-23-9-5-8-22(18-23)30-14-16-31(17-15-30)26(32)21-10-12-29(13-11-21)19-24-27-25(28-34-24)20-6-3-2-4-7-20/h2-9,18,21H,10-17,19H2,1H3. The van der Waals surface area contributed by atoms with Crippen LogP contribution in [0.5, 0.6) is 5.75 Å². The van der Waals surface area contributed by atoms with Crippen molar-refractivity contribution in [2.45, 2.75) is 19.4 Å². The molecule has 1 aromatic heterocycles. The van der Waals surface area contributed by atoms with Gasteiger partial charge in [-0.1, -0.05) is 41.6 Å². The van der Waals surface area contributed by atoms with Crippen LogP contribution in [-0.4, -0.2) is 72.2 Å². The lowest BCUT2D eigenvalue weighted by molar-refractivity contribution is -0.137. The van der Waals surface area contributed by atoms with Crippen molar-refractivity contribution in [1.29, 1.82) is 0 Å². The maximum absolute atomic E-state index is 13.1. The van der Waals surface area contributed by atoms with Crippen molar-refractivity contribution in [3.8, 4) is 17.1 Å². The van der Waals surface area contributed by atoms with Crippen LogP contribution >= 0.6 is 0 Å². The minimum Gasteiger partial charge on any atom is -0.497 e. The minimum atomic E-state index is 0.0992. The maximum Gasteiger partial charge on any atom is 0.241 e. The molecule has 34 heavy (non-hydrogen) atoms. The number of ether oxygens (including phenoxy) is 1. The molecule has 0 radical (unpaired) electrons. The van der Waals surface area contributed by atoms with Crippen molar-refractivity contribution in [1.82, 2.24) is 19.9 Å². The Balaban J connectivity index is 1.09. The molecular weight excluding hydrogens is 430 g/mol. The maximum atomic E-state index is 13.1. The summed E-state index contributed by atoms with van der Waals surface area (Å²) in [6.45, 7) is 5.57. The van der Waals surface area contributed by atoms with E-state index in [0.29, 0.717) is 24.2 Å². The predicted molar refractivity (Wildman–Crippen MR) is 130 cm³/mol. The number of methoxy groups -OCH3 is 1. The highest BCUT2D eigenvalue weighted by Crippen LogP contribution is 2.25. The molecule has 5 rings (SSSR count). The number of aromatic nitrogens is 2. The summed E-state index contributed by atoms with van der Waals surface area (Å²) < 4.78 is 10.8. The summed E-state index contributed by atoms with van der Waals surface area (Å²) in [6, 6.07) is 18.0. The van der Waals surface area contributed by atoms with Crippen LogP contribution < -0.4 is 9.64 Å². The van der Waals surface area contributed by atoms with Crippen LogP contribution in [0.15, 0.2) is 59.1 Å². The number of carbonyl (C=O) groups excluding carboxylic acids is 1. The summed E-state index contributed by atoms with van der Waals surface area (Å²) in [4.78, 5) is 24.4. The normalized spacial score (nSPS) is 17.7. The van der Waals surface area contributed by atoms with E-state index >= 15 is 0 Å². The fraction of sp³-hybridized carbons (Fsp3) is 0.423. The molecule has 8 nitrogen and oxygen atoms in total. The van der Waals surface area contributed by atoms with Gasteiger partial charge in [0.2, 0.25) is 17.6 Å². The highest BCUT2D eigenvalue weighted by atomic mass is 16.5. The van der Waals surface area contributed by atoms with Gasteiger partial charge in [-0.3, -0.25) is 9.69 Å². The lowest BCUT2D eigenvalue weighted by Crippen LogP contribution is -2.51. The molecule has 0 spiro atoms. The van der Waals surface area contributed by atoms with Crippen LogP contribution in [0.4, 0.5) is 5.69 Å². The molecular formula is C26H31N5O3. The van der Waals surface area contributed by atoms with Gasteiger partial charge in [0.25, 0.3) is 0 Å². The van der Waals surface area contributed by atoms with E-state index in [4.69, 9.17) is 9.26 Å². The monoisotopic (exact) mass is 461 g/mol. The van der Waals surface area contributed by atoms with E-state index in [2.05, 4.69) is 32.1 Å². The van der Waals surface area contributed by atoms with Gasteiger partial charge in [0.1, 0.15) is 5.75 Å². The van der Waals surface area contributed by atoms with Crippen molar-refractivity contribution in [2.75, 3.05) is 51.3 Å². The lowest BCUT2D eigenvalue weighted by Gasteiger charge is -2.39. The molecule has 0 unspecified atom stereocenters. The Morgan fingerprint density at radius 2 is 1.76 bits per heavy atom. The first-order valence-electron chi connectivity index (χ1n) is 12.0. The van der Waals surface area contributed by atoms with Crippen LogP contribution in [-0.2, 0) is 11.3 Å². The van der Waals surface area contributed by atoms with E-state index in [0.717, 1.165) is 69.1 Å². The van der Waals surface area contributed by atoms with Crippen LogP contribution in [0.25, 0.3) is 11.4 Å². The molecule has 2 saturated heterocycles. The van der Waals surface area contributed by atoms with Crippen molar-refractivity contribution in [3.05, 3.63) is 60.5 Å². The largest absolute Gasteiger partial charge is 0.497 e. The molecule has 0 saturated carbocycles. The Morgan fingerprint density at radius 3 is 2.50 bits per heavy atom. The molecule has 2 aromatic carbocycles. The van der Waals surface area contributed by atoms with Crippen molar-refractivity contribution in [3.63, 3.8) is 0 Å². The number of benzene rings is 2. The van der Waals surface area contributed by atoms with E-state index in [1.807, 2.05) is 47.4 Å². The summed E-state index contributed by atoms with van der Waals surface area (Å²) in [5.41, 5.74) is 2.10. The number of likely N-dealkylation sites (tertiary alicyclic amines) is 1. The molecule has 3 heterocycles. The number of hydrogen-bond acceptors (Lipinski definition) is 7. The van der Waals surface area contributed by atoms with Gasteiger partial charge in [-0.05, 0) is 38.1 Å². The van der Waals surface area contributed by atoms with Gasteiger partial charge in [0.15, 0.2) is 0 Å². The van der Waals surface area contributed by atoms with Gasteiger partial charge in [0.05, 0.1) is 13.7 Å². The Hall–Kier alpha value is -3.39. The zero-order chi connectivity index (χ0) is 23.3. The molecule has 8 heteroatoms. The zero-order valence-electron chi connectivity index (χ0n) is 19.6. The number of hydrogen-bond donors (Lipinski definition) is 0. The Morgan fingerprint density at radius 1 is 1.00 bits per heavy atom. The van der Waals surface area contributed by atoms with E-state index in [9.17, 15) is 4.79 Å². The molecule has 0 N–H and O–H groups in total. The number of piperidine rings is 1. The third-order valence-corrected chi connectivity index (χ3v) is 6.81. The van der Waals surface area contributed by atoms with Gasteiger partial charge in [-0.2, -0.15) is 4.98 Å². The first-order chi connectivity index (χ1) is 16.7. The Kier molecular flexibility index (Phi) is 6.76. The second-order valence-corrected chi connectivity index (χ2v) is 8.94. The summed E-state index contributed by atoms with van der Waals surface area (Å²) in [7, 11) is 1.69. The number of nitrogens with zero attached hydrogens (tertiary/aromatic N) is 5. The fourth-order valence-electron chi connectivity index (χ4n) is 4.80. The van der Waals surface area contributed by atoms with Crippen molar-refractivity contribution < 1.29 is 14.1 Å².